The second-order valence-electron chi connectivity index (χ2n) is 8.14. The van der Waals surface area contributed by atoms with Gasteiger partial charge in [-0.2, -0.15) is 0 Å². The number of hydrogen-bond donors (Lipinski definition) is 1. The van der Waals surface area contributed by atoms with Crippen LogP contribution in [-0.2, 0) is 16.1 Å². The number of hydrogen-bond acceptors (Lipinski definition) is 7. The maximum absolute atomic E-state index is 10.4. The van der Waals surface area contributed by atoms with Crippen LogP contribution in [0.15, 0.2) is 28.3 Å². The topological polar surface area (TPSA) is 94.9 Å². The summed E-state index contributed by atoms with van der Waals surface area (Å²) in [5.41, 5.74) is 10.5. The Bertz CT molecular complexity index is 968. The summed E-state index contributed by atoms with van der Waals surface area (Å²) in [6, 6.07) is 6.46. The lowest BCUT2D eigenvalue weighted by Gasteiger charge is -2.14. The number of thioether (sulfide) groups is 1. The molecule has 1 fully saturated rings. The molecule has 2 atom stereocenters. The summed E-state index contributed by atoms with van der Waals surface area (Å²) in [4.78, 5) is 24.3. The highest BCUT2D eigenvalue weighted by molar-refractivity contribution is 8.14. The Hall–Kier alpha value is -2.35. The normalized spacial score (nSPS) is 23.5. The van der Waals surface area contributed by atoms with Crippen molar-refractivity contribution in [1.82, 2.24) is 9.55 Å². The Morgan fingerprint density at radius 2 is 2.27 bits per heavy atom. The number of oxime groups is 1. The number of benzene rings is 1. The van der Waals surface area contributed by atoms with Crippen LogP contribution in [0, 0.1) is 5.92 Å². The number of aliphatic imine (C=N–C) groups is 1. The zero-order chi connectivity index (χ0) is 20.9. The molecule has 0 spiro atoms. The second kappa shape index (κ2) is 9.64. The summed E-state index contributed by atoms with van der Waals surface area (Å²) in [7, 11) is 0. The summed E-state index contributed by atoms with van der Waals surface area (Å²) in [5.74, 6) is 1.10. The van der Waals surface area contributed by atoms with E-state index in [1.807, 2.05) is 16.3 Å². The Morgan fingerprint density at radius 1 is 1.37 bits per heavy atom. The number of carbonyl (C=O) groups excluding carboxylic acids is 1. The molecule has 2 aliphatic rings. The molecule has 1 aromatic carbocycles. The van der Waals surface area contributed by atoms with Crippen LogP contribution in [0.1, 0.15) is 57.4 Å². The van der Waals surface area contributed by atoms with Crippen LogP contribution in [0.2, 0.25) is 0 Å². The average Bonchev–Trinajstić information content (AvgIpc) is 3.24. The van der Waals surface area contributed by atoms with Gasteiger partial charge in [-0.15, -0.1) is 0 Å². The van der Waals surface area contributed by atoms with Crippen molar-refractivity contribution in [3.05, 3.63) is 23.8 Å². The van der Waals surface area contributed by atoms with E-state index in [4.69, 9.17) is 10.7 Å². The molecular formula is C22H29N5O2S. The smallest absolute Gasteiger partial charge is 0.323 e. The summed E-state index contributed by atoms with van der Waals surface area (Å²) < 4.78 is 2.02. The average molecular weight is 428 g/mol. The third-order valence-electron chi connectivity index (χ3n) is 5.92. The molecule has 30 heavy (non-hydrogen) atoms. The van der Waals surface area contributed by atoms with Gasteiger partial charge in [0.05, 0.1) is 23.3 Å². The van der Waals surface area contributed by atoms with Gasteiger partial charge in [-0.3, -0.25) is 14.4 Å². The van der Waals surface area contributed by atoms with Crippen molar-refractivity contribution in [3.63, 3.8) is 0 Å². The van der Waals surface area contributed by atoms with Crippen LogP contribution in [-0.4, -0.2) is 38.7 Å². The van der Waals surface area contributed by atoms with Gasteiger partial charge in [-0.1, -0.05) is 36.3 Å². The predicted octanol–water partition coefficient (Wildman–Crippen LogP) is 4.39. The molecule has 160 valence electrons. The Labute approximate surface area is 181 Å². The second-order valence-corrected chi connectivity index (χ2v) is 9.41. The predicted molar refractivity (Wildman–Crippen MR) is 123 cm³/mol. The first-order valence-corrected chi connectivity index (χ1v) is 11.7. The molecule has 2 N–H and O–H groups in total. The molecule has 1 saturated carbocycles. The summed E-state index contributed by atoms with van der Waals surface area (Å²) in [6.45, 7) is 3.45. The number of imidazole rings is 1. The van der Waals surface area contributed by atoms with E-state index in [0.717, 1.165) is 67.0 Å². The van der Waals surface area contributed by atoms with Crippen LogP contribution >= 0.6 is 11.8 Å². The molecule has 0 amide bonds. The van der Waals surface area contributed by atoms with Gasteiger partial charge >= 0.3 is 6.47 Å². The molecule has 2 aromatic rings. The van der Waals surface area contributed by atoms with Crippen molar-refractivity contribution in [2.45, 2.75) is 63.5 Å². The number of nitrogen functional groups attached to an aromatic ring is 1. The molecule has 8 heteroatoms. The minimum absolute atomic E-state index is 0.386. The van der Waals surface area contributed by atoms with Crippen molar-refractivity contribution in [3.8, 4) is 0 Å². The molecule has 1 aliphatic carbocycles. The molecule has 4 rings (SSSR count). The first kappa shape index (κ1) is 20.9. The summed E-state index contributed by atoms with van der Waals surface area (Å²) in [6.07, 6.45) is 8.43. The fraction of sp³-hybridized carbons (Fsp3) is 0.545. The van der Waals surface area contributed by atoms with Crippen LogP contribution < -0.4 is 5.73 Å². The fourth-order valence-corrected chi connectivity index (χ4v) is 5.67. The standard InChI is InChI=1S/C22H29N5O2S/c1-2-4-18-13-24-22(30-18)27-20-12-16(8-10-19(20)25-21(27)23)11-15-5-3-6-17(9-7-15)26-29-14-28/h8,10,12,14-15,18H,2-7,9,11,13H2,1H3,(H2,23,25). The number of aromatic nitrogens is 2. The molecule has 1 aromatic heterocycles. The SMILES string of the molecule is CCCC1CN=C(n2c(N)nc3ccc(CC4CCCC(=NOC=O)CC4)cc32)S1. The third-order valence-corrected chi connectivity index (χ3v) is 7.16. The number of anilines is 1. The third kappa shape index (κ3) is 4.69. The monoisotopic (exact) mass is 427 g/mol. The van der Waals surface area contributed by atoms with Crippen LogP contribution in [0.25, 0.3) is 11.0 Å². The maximum atomic E-state index is 10.4. The lowest BCUT2D eigenvalue weighted by molar-refractivity contribution is -0.128. The summed E-state index contributed by atoms with van der Waals surface area (Å²) in [5, 5.41) is 5.44. The Morgan fingerprint density at radius 3 is 3.10 bits per heavy atom. The highest BCUT2D eigenvalue weighted by Gasteiger charge is 2.24. The minimum atomic E-state index is 0.386. The number of rotatable bonds is 6. The number of nitrogens with two attached hydrogens (primary N) is 1. The van der Waals surface area contributed by atoms with Gasteiger partial charge < -0.3 is 10.6 Å². The molecular weight excluding hydrogens is 398 g/mol. The molecule has 0 bridgehead atoms. The van der Waals surface area contributed by atoms with E-state index < -0.39 is 0 Å². The zero-order valence-electron chi connectivity index (χ0n) is 17.4. The van der Waals surface area contributed by atoms with Crippen molar-refractivity contribution >= 4 is 46.1 Å². The number of carbonyl (C=O) groups is 1. The largest absolute Gasteiger partial charge is 0.369 e. The Kier molecular flexibility index (Phi) is 6.72. The maximum Gasteiger partial charge on any atom is 0.323 e. The van der Waals surface area contributed by atoms with E-state index in [1.54, 1.807) is 0 Å². The van der Waals surface area contributed by atoms with Gasteiger partial charge in [-0.05, 0) is 68.6 Å². The first-order valence-electron chi connectivity index (χ1n) is 10.8. The number of nitrogens with zero attached hydrogens (tertiary/aromatic N) is 4. The van der Waals surface area contributed by atoms with E-state index in [9.17, 15) is 4.79 Å². The van der Waals surface area contributed by atoms with Gasteiger partial charge in [-0.25, -0.2) is 4.98 Å². The minimum Gasteiger partial charge on any atom is -0.369 e. The van der Waals surface area contributed by atoms with Gasteiger partial charge in [0.1, 0.15) is 0 Å². The van der Waals surface area contributed by atoms with Gasteiger partial charge in [0.25, 0.3) is 0 Å². The van der Waals surface area contributed by atoms with E-state index in [1.165, 1.54) is 18.4 Å². The van der Waals surface area contributed by atoms with Crippen LogP contribution in [0.3, 0.4) is 0 Å². The van der Waals surface area contributed by atoms with Crippen molar-refractivity contribution < 1.29 is 9.63 Å². The van der Waals surface area contributed by atoms with E-state index in [-0.39, 0.29) is 0 Å². The molecule has 7 nitrogen and oxygen atoms in total. The molecule has 0 radical (unpaired) electrons. The van der Waals surface area contributed by atoms with Crippen molar-refractivity contribution in [2.75, 3.05) is 12.3 Å². The highest BCUT2D eigenvalue weighted by atomic mass is 32.2. The molecule has 2 unspecified atom stereocenters. The quantitative estimate of drug-likeness (QED) is 0.319. The summed E-state index contributed by atoms with van der Waals surface area (Å²) >= 11 is 1.82. The van der Waals surface area contributed by atoms with E-state index in [2.05, 4.69) is 40.1 Å². The van der Waals surface area contributed by atoms with Crippen LogP contribution in [0.4, 0.5) is 5.95 Å². The number of fused-ring (bicyclic) bond motifs is 1. The fourth-order valence-electron chi connectivity index (χ4n) is 4.43. The first-order chi connectivity index (χ1) is 14.7. The van der Waals surface area contributed by atoms with E-state index in [0.29, 0.717) is 23.6 Å². The molecule has 2 heterocycles. The van der Waals surface area contributed by atoms with Crippen LogP contribution in [0.5, 0.6) is 0 Å². The molecule has 0 saturated heterocycles. The van der Waals surface area contributed by atoms with E-state index >= 15 is 0 Å². The lowest BCUT2D eigenvalue weighted by atomic mass is 9.92. The van der Waals surface area contributed by atoms with Gasteiger partial charge in [0.15, 0.2) is 5.17 Å². The van der Waals surface area contributed by atoms with Crippen molar-refractivity contribution in [1.29, 1.82) is 0 Å². The zero-order valence-corrected chi connectivity index (χ0v) is 18.2. The van der Waals surface area contributed by atoms with Gasteiger partial charge in [0, 0.05) is 5.25 Å². The molecule has 1 aliphatic heterocycles. The lowest BCUT2D eigenvalue weighted by Crippen LogP contribution is -2.11. The Balaban J connectivity index is 1.50. The van der Waals surface area contributed by atoms with Gasteiger partial charge in [0.2, 0.25) is 5.95 Å². The van der Waals surface area contributed by atoms with Crippen molar-refractivity contribution in [2.24, 2.45) is 16.1 Å². The highest BCUT2D eigenvalue weighted by Crippen LogP contribution is 2.31.